The van der Waals surface area contributed by atoms with Crippen LogP contribution in [0, 0.1) is 5.92 Å². The van der Waals surface area contributed by atoms with E-state index in [2.05, 4.69) is 10.2 Å². The first-order valence-electron chi connectivity index (χ1n) is 10.7. The Kier molecular flexibility index (Phi) is 6.33. The number of fused-ring (bicyclic) bond motifs is 1. The number of methoxy groups -OCH3 is 2. The van der Waals surface area contributed by atoms with E-state index in [0.29, 0.717) is 18.7 Å². The van der Waals surface area contributed by atoms with Crippen LogP contribution in [0.15, 0.2) is 36.4 Å². The van der Waals surface area contributed by atoms with Gasteiger partial charge in [-0.2, -0.15) is 13.2 Å². The molecule has 8 heteroatoms. The Hall–Kier alpha value is -2.74. The molecule has 2 unspecified atom stereocenters. The van der Waals surface area contributed by atoms with Crippen molar-refractivity contribution in [1.82, 2.24) is 10.2 Å². The fraction of sp³-hybridized carbons (Fsp3) is 0.458. The first-order chi connectivity index (χ1) is 15.3. The van der Waals surface area contributed by atoms with Crippen LogP contribution in [0.4, 0.5) is 13.2 Å². The van der Waals surface area contributed by atoms with Crippen molar-refractivity contribution in [1.29, 1.82) is 0 Å². The van der Waals surface area contributed by atoms with Crippen molar-refractivity contribution in [2.24, 2.45) is 5.92 Å². The largest absolute Gasteiger partial charge is 0.493 e. The average molecular weight is 448 g/mol. The van der Waals surface area contributed by atoms with Crippen molar-refractivity contribution < 1.29 is 27.4 Å². The SMILES string of the molecule is COc1cc2c(cc1OC)CN(CCNC(=O)C1CC1c1ccc(C(F)(F)F)cc1)CC2. The Labute approximate surface area is 185 Å². The Bertz CT molecular complexity index is 976. The van der Waals surface area contributed by atoms with Gasteiger partial charge in [-0.25, -0.2) is 0 Å². The highest BCUT2D eigenvalue weighted by Crippen LogP contribution is 2.48. The summed E-state index contributed by atoms with van der Waals surface area (Å²) < 4.78 is 48.9. The molecule has 0 aromatic heterocycles. The molecule has 0 bridgehead atoms. The summed E-state index contributed by atoms with van der Waals surface area (Å²) in [5.41, 5.74) is 2.57. The highest BCUT2D eigenvalue weighted by molar-refractivity contribution is 5.82. The Morgan fingerprint density at radius 2 is 1.75 bits per heavy atom. The molecule has 1 aliphatic carbocycles. The normalized spacial score (nSPS) is 20.4. The number of hydrogen-bond acceptors (Lipinski definition) is 4. The smallest absolute Gasteiger partial charge is 0.416 e. The lowest BCUT2D eigenvalue weighted by Crippen LogP contribution is -2.38. The van der Waals surface area contributed by atoms with Gasteiger partial charge in [0.25, 0.3) is 0 Å². The molecule has 32 heavy (non-hydrogen) atoms. The zero-order valence-electron chi connectivity index (χ0n) is 18.2. The number of rotatable bonds is 7. The van der Waals surface area contributed by atoms with Gasteiger partial charge in [0.15, 0.2) is 11.5 Å². The van der Waals surface area contributed by atoms with Crippen LogP contribution in [0.1, 0.15) is 34.6 Å². The fourth-order valence-electron chi connectivity index (χ4n) is 4.37. The molecular formula is C24H27F3N2O3. The number of amides is 1. The highest BCUT2D eigenvalue weighted by atomic mass is 19.4. The van der Waals surface area contributed by atoms with Gasteiger partial charge in [-0.1, -0.05) is 12.1 Å². The predicted molar refractivity (Wildman–Crippen MR) is 114 cm³/mol. The molecule has 1 fully saturated rings. The summed E-state index contributed by atoms with van der Waals surface area (Å²) in [7, 11) is 3.25. The Balaban J connectivity index is 1.25. The van der Waals surface area contributed by atoms with Crippen LogP contribution >= 0.6 is 0 Å². The van der Waals surface area contributed by atoms with Gasteiger partial charge in [0, 0.05) is 32.1 Å². The lowest BCUT2D eigenvalue weighted by atomic mass is 9.99. The molecule has 2 atom stereocenters. The summed E-state index contributed by atoms with van der Waals surface area (Å²) in [5.74, 6) is 1.26. The van der Waals surface area contributed by atoms with E-state index in [9.17, 15) is 18.0 Å². The summed E-state index contributed by atoms with van der Waals surface area (Å²) >= 11 is 0. The predicted octanol–water partition coefficient (Wildman–Crippen LogP) is 4.00. The maximum Gasteiger partial charge on any atom is 0.416 e. The van der Waals surface area contributed by atoms with Crippen LogP contribution in [-0.2, 0) is 23.9 Å². The minimum Gasteiger partial charge on any atom is -0.493 e. The van der Waals surface area contributed by atoms with Crippen molar-refractivity contribution in [2.75, 3.05) is 33.9 Å². The topological polar surface area (TPSA) is 50.8 Å². The fourth-order valence-corrected chi connectivity index (χ4v) is 4.37. The van der Waals surface area contributed by atoms with Crippen LogP contribution < -0.4 is 14.8 Å². The van der Waals surface area contributed by atoms with Crippen LogP contribution in [0.3, 0.4) is 0 Å². The second kappa shape index (κ2) is 9.02. The van der Waals surface area contributed by atoms with Crippen molar-refractivity contribution in [3.8, 4) is 11.5 Å². The van der Waals surface area contributed by atoms with Gasteiger partial charge in [0.05, 0.1) is 19.8 Å². The van der Waals surface area contributed by atoms with Gasteiger partial charge in [-0.3, -0.25) is 9.69 Å². The Morgan fingerprint density at radius 3 is 2.38 bits per heavy atom. The van der Waals surface area contributed by atoms with Gasteiger partial charge >= 0.3 is 6.18 Å². The van der Waals surface area contributed by atoms with Gasteiger partial charge in [-0.15, -0.1) is 0 Å². The number of ether oxygens (including phenoxy) is 2. The minimum atomic E-state index is -4.34. The van der Waals surface area contributed by atoms with E-state index in [1.807, 2.05) is 12.1 Å². The van der Waals surface area contributed by atoms with E-state index in [4.69, 9.17) is 9.47 Å². The van der Waals surface area contributed by atoms with Crippen LogP contribution in [-0.4, -0.2) is 44.7 Å². The number of halogens is 3. The molecule has 1 N–H and O–H groups in total. The van der Waals surface area contributed by atoms with Crippen molar-refractivity contribution in [2.45, 2.75) is 31.5 Å². The number of benzene rings is 2. The van der Waals surface area contributed by atoms with E-state index < -0.39 is 11.7 Å². The lowest BCUT2D eigenvalue weighted by molar-refractivity contribution is -0.137. The standard InChI is InChI=1S/C24H27F3N2O3/c1-31-21-11-16-7-9-29(14-17(16)12-22(21)32-2)10-8-28-23(30)20-13-19(20)15-3-5-18(6-4-15)24(25,26)27/h3-6,11-12,19-20H,7-10,13-14H2,1-2H3,(H,28,30). The van der Waals surface area contributed by atoms with E-state index in [-0.39, 0.29) is 17.7 Å². The zero-order chi connectivity index (χ0) is 22.9. The number of alkyl halides is 3. The Morgan fingerprint density at radius 1 is 1.09 bits per heavy atom. The zero-order valence-corrected chi connectivity index (χ0v) is 18.2. The number of carbonyl (C=O) groups excluding carboxylic acids is 1. The molecule has 5 nitrogen and oxygen atoms in total. The van der Waals surface area contributed by atoms with E-state index >= 15 is 0 Å². The quantitative estimate of drug-likeness (QED) is 0.696. The third-order valence-electron chi connectivity index (χ3n) is 6.32. The lowest BCUT2D eigenvalue weighted by Gasteiger charge is -2.29. The molecule has 2 aliphatic rings. The van der Waals surface area contributed by atoms with Gasteiger partial charge in [0.2, 0.25) is 5.91 Å². The second-order valence-corrected chi connectivity index (χ2v) is 8.36. The number of hydrogen-bond donors (Lipinski definition) is 1. The van der Waals surface area contributed by atoms with Gasteiger partial charge < -0.3 is 14.8 Å². The average Bonchev–Trinajstić information content (AvgIpc) is 3.58. The van der Waals surface area contributed by atoms with Crippen molar-refractivity contribution >= 4 is 5.91 Å². The summed E-state index contributed by atoms with van der Waals surface area (Å²) in [6, 6.07) is 9.17. The first-order valence-corrected chi connectivity index (χ1v) is 10.7. The number of nitrogens with one attached hydrogen (secondary N) is 1. The van der Waals surface area contributed by atoms with E-state index in [0.717, 1.165) is 49.5 Å². The van der Waals surface area contributed by atoms with E-state index in [1.54, 1.807) is 14.2 Å². The summed E-state index contributed by atoms with van der Waals surface area (Å²) in [6.45, 7) is 2.95. The van der Waals surface area contributed by atoms with Crippen LogP contribution in [0.2, 0.25) is 0 Å². The maximum absolute atomic E-state index is 12.7. The molecule has 1 aliphatic heterocycles. The third kappa shape index (κ3) is 4.85. The van der Waals surface area contributed by atoms with Gasteiger partial charge in [-0.05, 0) is 59.7 Å². The molecule has 0 radical (unpaired) electrons. The molecule has 4 rings (SSSR count). The van der Waals surface area contributed by atoms with Gasteiger partial charge in [0.1, 0.15) is 0 Å². The first kappa shape index (κ1) is 22.5. The third-order valence-corrected chi connectivity index (χ3v) is 6.32. The van der Waals surface area contributed by atoms with Crippen LogP contribution in [0.5, 0.6) is 11.5 Å². The van der Waals surface area contributed by atoms with Crippen molar-refractivity contribution in [3.05, 3.63) is 58.7 Å². The van der Waals surface area contributed by atoms with Crippen LogP contribution in [0.25, 0.3) is 0 Å². The van der Waals surface area contributed by atoms with Crippen molar-refractivity contribution in [3.63, 3.8) is 0 Å². The number of carbonyl (C=O) groups is 1. The monoisotopic (exact) mass is 448 g/mol. The van der Waals surface area contributed by atoms with E-state index in [1.165, 1.54) is 23.3 Å². The molecule has 1 saturated carbocycles. The minimum absolute atomic E-state index is 0.00147. The summed E-state index contributed by atoms with van der Waals surface area (Å²) in [5, 5.41) is 2.99. The highest BCUT2D eigenvalue weighted by Gasteiger charge is 2.44. The second-order valence-electron chi connectivity index (χ2n) is 8.36. The molecule has 1 amide bonds. The molecule has 0 saturated heterocycles. The number of nitrogens with zero attached hydrogens (tertiary/aromatic N) is 1. The molecule has 0 spiro atoms. The summed E-state index contributed by atoms with van der Waals surface area (Å²) in [6.07, 6.45) is -2.76. The molecule has 2 aromatic carbocycles. The maximum atomic E-state index is 12.7. The molecule has 1 heterocycles. The summed E-state index contributed by atoms with van der Waals surface area (Å²) in [4.78, 5) is 14.8. The molecule has 172 valence electrons. The molecule has 2 aromatic rings. The molecular weight excluding hydrogens is 421 g/mol.